The van der Waals surface area contributed by atoms with Gasteiger partial charge < -0.3 is 25.7 Å². The molecule has 20 heteroatoms. The molecule has 0 bridgehead atoms. The van der Waals surface area contributed by atoms with Gasteiger partial charge in [0.2, 0.25) is 5.88 Å². The molecule has 2 atom stereocenters. The Labute approximate surface area is 235 Å². The molecule has 4 heterocycles. The maximum absolute atomic E-state index is 13.1. The fraction of sp³-hybridized carbons (Fsp3) is 0.368. The monoisotopic (exact) mass is 618 g/mol. The lowest BCUT2D eigenvalue weighted by Gasteiger charge is -2.49. The van der Waals surface area contributed by atoms with Crippen LogP contribution in [0.4, 0.5) is 9.93 Å². The van der Waals surface area contributed by atoms with Crippen LogP contribution in [-0.4, -0.2) is 83.5 Å². The van der Waals surface area contributed by atoms with Gasteiger partial charge in [0.1, 0.15) is 28.6 Å². The zero-order valence-corrected chi connectivity index (χ0v) is 23.2. The number of nitrogens with zero attached hydrogens (tertiary/aromatic N) is 5. The first-order valence-electron chi connectivity index (χ1n) is 10.8. The highest BCUT2D eigenvalue weighted by Gasteiger charge is 2.54. The number of thioether (sulfide) groups is 2. The first-order valence-corrected chi connectivity index (χ1v) is 14.0. The van der Waals surface area contributed by atoms with Crippen LogP contribution in [0.25, 0.3) is 0 Å². The molecule has 5 N–H and O–H groups in total. The number of β-lactam (4-membered cyclic amide) rings is 1. The summed E-state index contributed by atoms with van der Waals surface area (Å²) in [6.45, 7) is 1.85. The Balaban J connectivity index is 1.54. The molecule has 1 unspecified atom stereocenters. The van der Waals surface area contributed by atoms with Crippen LogP contribution in [-0.2, 0) is 25.7 Å². The summed E-state index contributed by atoms with van der Waals surface area (Å²) in [5, 5.41) is 21.1. The van der Waals surface area contributed by atoms with Gasteiger partial charge in [-0.15, -0.1) is 16.9 Å². The minimum absolute atomic E-state index is 0.0195. The Bertz CT molecular complexity index is 1520. The third kappa shape index (κ3) is 5.60. The fourth-order valence-electron chi connectivity index (χ4n) is 3.62. The molecule has 1 saturated heterocycles. The van der Waals surface area contributed by atoms with Gasteiger partial charge in [0, 0.05) is 23.6 Å². The third-order valence-corrected chi connectivity index (χ3v) is 8.79. The van der Waals surface area contributed by atoms with Gasteiger partial charge in [-0.25, -0.2) is 14.9 Å². The van der Waals surface area contributed by atoms with Crippen molar-refractivity contribution in [3.8, 4) is 0 Å². The molecule has 2 amide bonds. The lowest BCUT2D eigenvalue weighted by Crippen LogP contribution is -2.70. The average molecular weight is 619 g/mol. The van der Waals surface area contributed by atoms with E-state index in [0.717, 1.165) is 28.0 Å². The van der Waals surface area contributed by atoms with Crippen molar-refractivity contribution in [2.75, 3.05) is 24.3 Å². The van der Waals surface area contributed by atoms with Crippen LogP contribution >= 0.6 is 46.5 Å². The van der Waals surface area contributed by atoms with Crippen molar-refractivity contribution >= 4 is 75.3 Å². The number of ether oxygens (including phenoxy) is 1. The summed E-state index contributed by atoms with van der Waals surface area (Å²) in [7, 11) is 1.21. The summed E-state index contributed by atoms with van der Waals surface area (Å²) in [6, 6.07) is -1.05. The number of H-pyrrole nitrogens is 1. The predicted molar refractivity (Wildman–Crippen MR) is 142 cm³/mol. The minimum Gasteiger partial charge on any atom is -0.449 e. The average Bonchev–Trinajstić information content (AvgIpc) is 3.23. The van der Waals surface area contributed by atoms with Gasteiger partial charge in [-0.2, -0.15) is 0 Å². The molecular formula is C19H19ClN8O8S3. The number of carboxylic acid groups (broad SMARTS) is 1. The second kappa shape index (κ2) is 11.7. The molecule has 16 nitrogen and oxygen atoms in total. The topological polar surface area (TPSA) is 224 Å². The second-order valence-electron chi connectivity index (χ2n) is 7.61. The van der Waals surface area contributed by atoms with E-state index in [1.165, 1.54) is 23.4 Å². The fourth-order valence-corrected chi connectivity index (χ4v) is 7.01. The Hall–Kier alpha value is -3.55. The number of thiazole rings is 1. The van der Waals surface area contributed by atoms with Crippen LogP contribution in [0.2, 0.25) is 4.34 Å². The Morgan fingerprint density at radius 2 is 2.13 bits per heavy atom. The van der Waals surface area contributed by atoms with Gasteiger partial charge in [0.05, 0.1) is 0 Å². The number of nitrogens with one attached hydrogen (secondary N) is 2. The standard InChI is InChI=1S/C19H19ClN8O8S3/c1-3-27-14(32)12(30)24-25-18(27)38-5-6-4-37-16-9(13(31)28(16)15(6)36-19(33)34)22-11(29)8(26-35-2)7-10(20)39-17(21)23-7/h9,16H,3-5H2,1-2H3,(H2,21,23)(H,22,29)(H,24,30)(H,33,34)/t9?,16-/m0/s1. The summed E-state index contributed by atoms with van der Waals surface area (Å²) in [5.74, 6) is -1.33. The largest absolute Gasteiger partial charge is 0.512 e. The van der Waals surface area contributed by atoms with Gasteiger partial charge in [0.15, 0.2) is 16.0 Å². The predicted octanol–water partition coefficient (Wildman–Crippen LogP) is 0.0925. The van der Waals surface area contributed by atoms with E-state index in [4.69, 9.17) is 26.9 Å². The van der Waals surface area contributed by atoms with E-state index in [1.807, 2.05) is 0 Å². The Morgan fingerprint density at radius 3 is 2.74 bits per heavy atom. The van der Waals surface area contributed by atoms with Crippen molar-refractivity contribution in [1.82, 2.24) is 30.0 Å². The summed E-state index contributed by atoms with van der Waals surface area (Å²) >= 11 is 9.33. The van der Waals surface area contributed by atoms with E-state index in [0.29, 0.717) is 5.57 Å². The third-order valence-electron chi connectivity index (χ3n) is 5.30. The lowest BCUT2D eigenvalue weighted by atomic mass is 10.1. The Morgan fingerprint density at radius 1 is 1.38 bits per heavy atom. The number of nitrogen functional groups attached to an aromatic ring is 1. The number of anilines is 1. The molecule has 39 heavy (non-hydrogen) atoms. The van der Waals surface area contributed by atoms with Gasteiger partial charge in [0.25, 0.3) is 11.8 Å². The number of aromatic nitrogens is 4. The quantitative estimate of drug-likeness (QED) is 0.0731. The van der Waals surface area contributed by atoms with E-state index in [2.05, 4.69) is 25.7 Å². The van der Waals surface area contributed by atoms with Crippen LogP contribution < -0.4 is 22.2 Å². The number of rotatable bonds is 9. The van der Waals surface area contributed by atoms with E-state index in [9.17, 15) is 29.1 Å². The number of amides is 2. The van der Waals surface area contributed by atoms with Crippen LogP contribution in [0.3, 0.4) is 0 Å². The van der Waals surface area contributed by atoms with E-state index >= 15 is 0 Å². The second-order valence-corrected chi connectivity index (χ2v) is 11.3. The molecule has 2 aliphatic heterocycles. The molecule has 0 spiro atoms. The van der Waals surface area contributed by atoms with Crippen LogP contribution in [0.1, 0.15) is 12.6 Å². The SMILES string of the molecule is CCn1c(SCC2=C(OC(=O)O)N3C(=O)C(NC(=O)C(=NOC)c4nc(N)sc4Cl)[C@@H]3SC2)n[nH]c(=O)c1=O. The van der Waals surface area contributed by atoms with Gasteiger partial charge >= 0.3 is 17.3 Å². The van der Waals surface area contributed by atoms with Gasteiger partial charge in [-0.1, -0.05) is 39.9 Å². The van der Waals surface area contributed by atoms with Crippen molar-refractivity contribution in [3.63, 3.8) is 0 Å². The van der Waals surface area contributed by atoms with Crippen molar-refractivity contribution in [3.05, 3.63) is 42.2 Å². The van der Waals surface area contributed by atoms with E-state index < -0.39 is 40.5 Å². The number of aromatic amines is 1. The molecule has 2 aliphatic rings. The summed E-state index contributed by atoms with van der Waals surface area (Å²) in [5.41, 5.74) is 4.11. The van der Waals surface area contributed by atoms with Crippen LogP contribution in [0.5, 0.6) is 0 Å². The highest BCUT2D eigenvalue weighted by atomic mass is 35.5. The smallest absolute Gasteiger partial charge is 0.449 e. The number of hydrogen-bond acceptors (Lipinski definition) is 14. The zero-order chi connectivity index (χ0) is 28.4. The van der Waals surface area contributed by atoms with Gasteiger partial charge in [-0.05, 0) is 6.92 Å². The molecule has 0 radical (unpaired) electrons. The molecule has 0 saturated carbocycles. The normalized spacial score (nSPS) is 18.9. The Kier molecular flexibility index (Phi) is 8.52. The number of hydrogen-bond donors (Lipinski definition) is 4. The summed E-state index contributed by atoms with van der Waals surface area (Å²) in [6.07, 6.45) is -1.64. The molecule has 1 fully saturated rings. The number of nitrogens with two attached hydrogens (primary N) is 1. The molecule has 208 valence electrons. The number of fused-ring (bicyclic) bond motifs is 1. The van der Waals surface area contributed by atoms with Crippen molar-refractivity contribution in [2.45, 2.75) is 30.0 Å². The van der Waals surface area contributed by atoms with Crippen LogP contribution in [0.15, 0.2) is 31.4 Å². The maximum atomic E-state index is 13.1. The maximum Gasteiger partial charge on any atom is 0.512 e. The minimum atomic E-state index is -1.64. The molecule has 2 aromatic heterocycles. The van der Waals surface area contributed by atoms with E-state index in [-0.39, 0.29) is 50.0 Å². The number of oxime groups is 1. The molecule has 0 aromatic carbocycles. The first-order chi connectivity index (χ1) is 18.6. The number of carbonyl (C=O) groups is 3. The lowest BCUT2D eigenvalue weighted by molar-refractivity contribution is -0.148. The van der Waals surface area contributed by atoms with Crippen LogP contribution in [0, 0.1) is 0 Å². The van der Waals surface area contributed by atoms with Crippen molar-refractivity contribution in [2.24, 2.45) is 5.16 Å². The first kappa shape index (κ1) is 28.5. The van der Waals surface area contributed by atoms with E-state index in [1.54, 1.807) is 6.92 Å². The molecule has 4 rings (SSSR count). The number of carbonyl (C=O) groups excluding carboxylic acids is 2. The summed E-state index contributed by atoms with van der Waals surface area (Å²) < 4.78 is 6.22. The van der Waals surface area contributed by atoms with Crippen molar-refractivity contribution in [1.29, 1.82) is 0 Å². The molecule has 0 aliphatic carbocycles. The molecule has 2 aromatic rings. The van der Waals surface area contributed by atoms with Gasteiger partial charge in [-0.3, -0.25) is 28.6 Å². The molecular weight excluding hydrogens is 600 g/mol. The summed E-state index contributed by atoms with van der Waals surface area (Å²) in [4.78, 5) is 71.0. The highest BCUT2D eigenvalue weighted by molar-refractivity contribution is 8.01. The number of halogens is 1. The highest BCUT2D eigenvalue weighted by Crippen LogP contribution is 2.42. The zero-order valence-electron chi connectivity index (χ0n) is 20.0. The van der Waals surface area contributed by atoms with Crippen molar-refractivity contribution < 1.29 is 29.1 Å².